The third kappa shape index (κ3) is 3.43. The van der Waals surface area contributed by atoms with Crippen LogP contribution < -0.4 is 10.3 Å². The van der Waals surface area contributed by atoms with E-state index in [0.717, 1.165) is 11.3 Å². The molecule has 4 N–H and O–H groups in total. The molecular formula is C15H11N3O6S2. The van der Waals surface area contributed by atoms with E-state index in [-0.39, 0.29) is 21.3 Å². The molecule has 26 heavy (non-hydrogen) atoms. The molecule has 3 aromatic rings. The number of rotatable bonds is 5. The van der Waals surface area contributed by atoms with E-state index in [1.54, 1.807) is 11.4 Å². The highest BCUT2D eigenvalue weighted by molar-refractivity contribution is 7.94. The van der Waals surface area contributed by atoms with Crippen LogP contribution in [0.25, 0.3) is 11.4 Å². The van der Waals surface area contributed by atoms with Crippen molar-refractivity contribution in [1.82, 2.24) is 9.97 Å². The number of hydrogen-bond acceptors (Lipinski definition) is 7. The lowest BCUT2D eigenvalue weighted by atomic mass is 10.2. The minimum atomic E-state index is -3.76. The molecule has 0 bridgehead atoms. The normalized spacial score (nSPS) is 11.2. The zero-order chi connectivity index (χ0) is 18.9. The first-order valence-corrected chi connectivity index (χ1v) is 9.37. The number of aromatic amines is 1. The van der Waals surface area contributed by atoms with Gasteiger partial charge in [-0.2, -0.15) is 0 Å². The Morgan fingerprint density at radius 1 is 1.23 bits per heavy atom. The summed E-state index contributed by atoms with van der Waals surface area (Å²) in [5.74, 6) is -2.69. The second-order valence-corrected chi connectivity index (χ2v) is 7.89. The van der Waals surface area contributed by atoms with Gasteiger partial charge in [-0.25, -0.2) is 18.2 Å². The van der Waals surface area contributed by atoms with E-state index in [2.05, 4.69) is 14.7 Å². The number of nitrogens with one attached hydrogen (secondary N) is 2. The maximum atomic E-state index is 12.3. The molecule has 0 radical (unpaired) electrons. The molecule has 0 atom stereocenters. The highest BCUT2D eigenvalue weighted by Gasteiger charge is 2.19. The van der Waals surface area contributed by atoms with Gasteiger partial charge >= 0.3 is 5.97 Å². The summed E-state index contributed by atoms with van der Waals surface area (Å²) < 4.78 is 27.1. The van der Waals surface area contributed by atoms with Crippen molar-refractivity contribution >= 4 is 33.0 Å². The van der Waals surface area contributed by atoms with Gasteiger partial charge in [0.1, 0.15) is 10.0 Å². The molecule has 0 aliphatic carbocycles. The monoisotopic (exact) mass is 393 g/mol. The van der Waals surface area contributed by atoms with Gasteiger partial charge in [0, 0.05) is 11.3 Å². The van der Waals surface area contributed by atoms with E-state index < -0.39 is 33.0 Å². The maximum Gasteiger partial charge on any atom is 0.358 e. The van der Waals surface area contributed by atoms with E-state index in [4.69, 9.17) is 5.11 Å². The predicted octanol–water partition coefficient (Wildman–Crippen LogP) is 1.70. The SMILES string of the molecule is O=C(O)c1nc(-c2cccc(NS(=O)(=O)c3cccs3)c2)[nH]c(=O)c1O. The van der Waals surface area contributed by atoms with Crippen molar-refractivity contribution in [3.63, 3.8) is 0 Å². The first-order chi connectivity index (χ1) is 12.3. The molecule has 1 aromatic carbocycles. The van der Waals surface area contributed by atoms with Gasteiger partial charge in [0.25, 0.3) is 15.6 Å². The van der Waals surface area contributed by atoms with E-state index in [1.165, 1.54) is 30.3 Å². The van der Waals surface area contributed by atoms with Crippen molar-refractivity contribution < 1.29 is 23.4 Å². The average Bonchev–Trinajstić information content (AvgIpc) is 3.12. The van der Waals surface area contributed by atoms with Crippen LogP contribution in [0.5, 0.6) is 5.75 Å². The number of thiophene rings is 1. The van der Waals surface area contributed by atoms with Crippen LogP contribution in [0.3, 0.4) is 0 Å². The van der Waals surface area contributed by atoms with Crippen LogP contribution in [0, 0.1) is 0 Å². The predicted molar refractivity (Wildman–Crippen MR) is 94.0 cm³/mol. The topological polar surface area (TPSA) is 149 Å². The van der Waals surface area contributed by atoms with E-state index in [9.17, 15) is 23.1 Å². The summed E-state index contributed by atoms with van der Waals surface area (Å²) in [5, 5.41) is 20.1. The average molecular weight is 393 g/mol. The molecule has 0 aliphatic heterocycles. The summed E-state index contributed by atoms with van der Waals surface area (Å²) >= 11 is 1.06. The van der Waals surface area contributed by atoms with Gasteiger partial charge in [-0.15, -0.1) is 11.3 Å². The number of carboxylic acids is 1. The standard InChI is InChI=1S/C15H11N3O6S2/c19-12-11(15(21)22)16-13(17-14(12)20)8-3-1-4-9(7-8)18-26(23,24)10-5-2-6-25-10/h1-7,18-19H,(H,21,22)(H,16,17,20). The molecule has 0 saturated heterocycles. The summed E-state index contributed by atoms with van der Waals surface area (Å²) in [6.07, 6.45) is 0. The lowest BCUT2D eigenvalue weighted by molar-refractivity contribution is 0.0686. The first-order valence-electron chi connectivity index (χ1n) is 7.01. The molecule has 0 amide bonds. The van der Waals surface area contributed by atoms with Gasteiger partial charge in [-0.3, -0.25) is 9.52 Å². The number of carboxylic acid groups (broad SMARTS) is 1. The van der Waals surface area contributed by atoms with Gasteiger partial charge in [0.15, 0.2) is 5.69 Å². The van der Waals surface area contributed by atoms with Crippen LogP contribution in [0.4, 0.5) is 5.69 Å². The Bertz CT molecular complexity index is 1140. The number of H-pyrrole nitrogens is 1. The highest BCUT2D eigenvalue weighted by Crippen LogP contribution is 2.24. The molecule has 11 heteroatoms. The number of benzene rings is 1. The van der Waals surface area contributed by atoms with Gasteiger partial charge in [-0.1, -0.05) is 18.2 Å². The third-order valence-electron chi connectivity index (χ3n) is 3.25. The molecule has 3 rings (SSSR count). The molecule has 134 valence electrons. The first kappa shape index (κ1) is 17.6. The quantitative estimate of drug-likeness (QED) is 0.515. The van der Waals surface area contributed by atoms with Crippen LogP contribution in [-0.4, -0.2) is 34.6 Å². The lowest BCUT2D eigenvalue weighted by Crippen LogP contribution is -2.15. The minimum absolute atomic E-state index is 0.123. The number of aromatic hydroxyl groups is 1. The number of sulfonamides is 1. The summed E-state index contributed by atoms with van der Waals surface area (Å²) in [6, 6.07) is 8.94. The third-order valence-corrected chi connectivity index (χ3v) is 6.02. The summed E-state index contributed by atoms with van der Waals surface area (Å²) in [4.78, 5) is 28.7. The highest BCUT2D eigenvalue weighted by atomic mass is 32.2. The van der Waals surface area contributed by atoms with Crippen LogP contribution in [0.1, 0.15) is 10.5 Å². The van der Waals surface area contributed by atoms with Crippen molar-refractivity contribution in [2.24, 2.45) is 0 Å². The Morgan fingerprint density at radius 2 is 2.00 bits per heavy atom. The number of nitrogens with zero attached hydrogens (tertiary/aromatic N) is 1. The molecule has 0 fully saturated rings. The molecular weight excluding hydrogens is 382 g/mol. The largest absolute Gasteiger partial charge is 0.501 e. The van der Waals surface area contributed by atoms with Gasteiger partial charge in [-0.05, 0) is 23.6 Å². The van der Waals surface area contributed by atoms with Crippen molar-refractivity contribution in [1.29, 1.82) is 0 Å². The van der Waals surface area contributed by atoms with Gasteiger partial charge < -0.3 is 15.2 Å². The molecule has 0 unspecified atom stereocenters. The van der Waals surface area contributed by atoms with Crippen molar-refractivity contribution in [3.8, 4) is 17.1 Å². The van der Waals surface area contributed by atoms with E-state index in [0.29, 0.717) is 0 Å². The summed E-state index contributed by atoms with van der Waals surface area (Å²) in [7, 11) is -3.76. The number of carbonyl (C=O) groups is 1. The Labute approximate surface area is 150 Å². The summed E-state index contributed by atoms with van der Waals surface area (Å²) in [6.45, 7) is 0. The van der Waals surface area contributed by atoms with Crippen molar-refractivity contribution in [2.45, 2.75) is 4.21 Å². The van der Waals surface area contributed by atoms with E-state index >= 15 is 0 Å². The van der Waals surface area contributed by atoms with Crippen molar-refractivity contribution in [2.75, 3.05) is 4.72 Å². The van der Waals surface area contributed by atoms with Crippen LogP contribution in [0.15, 0.2) is 50.8 Å². The zero-order valence-electron chi connectivity index (χ0n) is 12.8. The fraction of sp³-hybridized carbons (Fsp3) is 0. The number of aromatic nitrogens is 2. The summed E-state index contributed by atoms with van der Waals surface area (Å²) in [5.41, 5.74) is -1.36. The molecule has 0 spiro atoms. The number of hydrogen-bond donors (Lipinski definition) is 4. The number of aromatic carboxylic acids is 1. The fourth-order valence-electron chi connectivity index (χ4n) is 2.10. The molecule has 0 aliphatic rings. The Balaban J connectivity index is 2.01. The maximum absolute atomic E-state index is 12.3. The zero-order valence-corrected chi connectivity index (χ0v) is 14.5. The Morgan fingerprint density at radius 3 is 2.65 bits per heavy atom. The van der Waals surface area contributed by atoms with E-state index in [1.807, 2.05) is 0 Å². The molecule has 9 nitrogen and oxygen atoms in total. The van der Waals surface area contributed by atoms with Crippen LogP contribution >= 0.6 is 11.3 Å². The molecule has 0 saturated carbocycles. The second kappa shape index (κ2) is 6.61. The molecule has 2 aromatic heterocycles. The Kier molecular flexibility index (Phi) is 4.49. The van der Waals surface area contributed by atoms with Gasteiger partial charge in [0.05, 0.1) is 0 Å². The van der Waals surface area contributed by atoms with Crippen LogP contribution in [-0.2, 0) is 10.0 Å². The van der Waals surface area contributed by atoms with Crippen LogP contribution in [0.2, 0.25) is 0 Å². The van der Waals surface area contributed by atoms with Gasteiger partial charge in [0.2, 0.25) is 5.75 Å². The lowest BCUT2D eigenvalue weighted by Gasteiger charge is -2.08. The Hall–Kier alpha value is -3.18. The fourth-order valence-corrected chi connectivity index (χ4v) is 4.15. The number of anilines is 1. The molecule has 2 heterocycles. The van der Waals surface area contributed by atoms with Crippen molar-refractivity contribution in [3.05, 3.63) is 57.8 Å². The smallest absolute Gasteiger partial charge is 0.358 e. The minimum Gasteiger partial charge on any atom is -0.501 e. The second-order valence-electron chi connectivity index (χ2n) is 5.04.